The molecule has 0 spiro atoms. The van der Waals surface area contributed by atoms with Crippen LogP contribution in [-0.2, 0) is 9.59 Å². The normalized spacial score (nSPS) is 12.6. The van der Waals surface area contributed by atoms with Gasteiger partial charge >= 0.3 is 0 Å². The molecule has 2 rings (SSSR count). The summed E-state index contributed by atoms with van der Waals surface area (Å²) in [4.78, 5) is 38.0. The molecule has 2 atom stereocenters. The molecule has 1 amide bonds. The van der Waals surface area contributed by atoms with Crippen LogP contribution in [0.25, 0.3) is 0 Å². The summed E-state index contributed by atoms with van der Waals surface area (Å²) < 4.78 is 5.45. The van der Waals surface area contributed by atoms with Crippen molar-refractivity contribution < 1.29 is 34.4 Å². The van der Waals surface area contributed by atoms with E-state index in [9.17, 15) is 19.5 Å². The smallest absolute Gasteiger partial charge is 0.240 e. The molecule has 0 aliphatic rings. The number of hydrogen-bond acceptors (Lipinski definition) is 8. The Bertz CT molecular complexity index is 894. The molecule has 4 N–H and O–H groups in total. The Hall–Kier alpha value is -3.36. The molecule has 0 saturated heterocycles. The number of rotatable bonds is 10. The molecule has 2 unspecified atom stereocenters. The lowest BCUT2D eigenvalue weighted by atomic mass is 10.0. The van der Waals surface area contributed by atoms with Crippen molar-refractivity contribution in [2.45, 2.75) is 31.8 Å². The van der Waals surface area contributed by atoms with Crippen LogP contribution in [0, 0.1) is 0 Å². The first-order chi connectivity index (χ1) is 14.3. The van der Waals surface area contributed by atoms with E-state index in [1.807, 2.05) is 0 Å². The van der Waals surface area contributed by atoms with E-state index in [1.54, 1.807) is 48.5 Å². The van der Waals surface area contributed by atoms with E-state index in [0.29, 0.717) is 22.6 Å². The fourth-order valence-electron chi connectivity index (χ4n) is 2.57. The first-order valence-corrected chi connectivity index (χ1v) is 9.11. The minimum Gasteiger partial charge on any atom is -0.493 e. The van der Waals surface area contributed by atoms with Gasteiger partial charge in [0.05, 0.1) is 24.8 Å². The zero-order valence-electron chi connectivity index (χ0n) is 16.2. The highest BCUT2D eigenvalue weighted by Gasteiger charge is 2.23. The molecule has 0 fully saturated rings. The van der Waals surface area contributed by atoms with Crippen molar-refractivity contribution in [2.24, 2.45) is 4.99 Å². The molecular formula is C21H22N2O7. The van der Waals surface area contributed by atoms with Crippen LogP contribution in [0.4, 0.5) is 5.69 Å². The summed E-state index contributed by atoms with van der Waals surface area (Å²) in [5.41, 5.74) is 1.27. The number of benzene rings is 2. The van der Waals surface area contributed by atoms with Gasteiger partial charge in [0, 0.05) is 11.1 Å². The molecule has 0 radical (unpaired) electrons. The number of hydrogen-bond donors (Lipinski definition) is 4. The maximum Gasteiger partial charge on any atom is 0.240 e. The number of carbonyl (C=O) groups excluding carboxylic acids is 3. The van der Waals surface area contributed by atoms with Crippen molar-refractivity contribution >= 4 is 23.5 Å². The summed E-state index contributed by atoms with van der Waals surface area (Å²) in [6.07, 6.45) is -1.64. The molecule has 0 heterocycles. The van der Waals surface area contributed by atoms with Crippen molar-refractivity contribution in [1.29, 1.82) is 0 Å². The molecule has 0 aromatic heterocycles. The van der Waals surface area contributed by atoms with E-state index in [0.717, 1.165) is 0 Å². The van der Waals surface area contributed by atoms with Gasteiger partial charge in [-0.05, 0) is 55.5 Å². The minimum atomic E-state index is -1.88. The van der Waals surface area contributed by atoms with Gasteiger partial charge in [-0.2, -0.15) is 4.99 Å². The van der Waals surface area contributed by atoms with Gasteiger partial charge in [0.2, 0.25) is 12.0 Å². The second-order valence-corrected chi connectivity index (χ2v) is 6.45. The maximum atomic E-state index is 12.5. The standard InChI is InChI=1S/C21H22N2O7/c1-13(25)19(21(28)29)23-18(26)10-11-30-17-8-4-15(5-9-17)20(27)14-2-6-16(7-3-14)22-12-24/h2-9,13,19,21,25,28-29H,10-11H2,1H3,(H,23,26). The lowest BCUT2D eigenvalue weighted by Crippen LogP contribution is -2.50. The minimum absolute atomic E-state index is 0.0197. The zero-order chi connectivity index (χ0) is 22.1. The van der Waals surface area contributed by atoms with Gasteiger partial charge in [-0.15, -0.1) is 0 Å². The fourth-order valence-corrected chi connectivity index (χ4v) is 2.57. The second kappa shape index (κ2) is 11.0. The van der Waals surface area contributed by atoms with Gasteiger partial charge in [-0.3, -0.25) is 9.59 Å². The number of ketones is 1. The molecule has 2 aromatic carbocycles. The first-order valence-electron chi connectivity index (χ1n) is 9.11. The second-order valence-electron chi connectivity index (χ2n) is 6.45. The van der Waals surface area contributed by atoms with Crippen LogP contribution in [0.2, 0.25) is 0 Å². The summed E-state index contributed by atoms with van der Waals surface area (Å²) in [6.45, 7) is 1.35. The molecule has 158 valence electrons. The number of aliphatic hydroxyl groups excluding tert-OH is 2. The Labute approximate surface area is 172 Å². The molecule has 0 aliphatic carbocycles. The quantitative estimate of drug-likeness (QED) is 0.195. The van der Waals surface area contributed by atoms with Crippen LogP contribution >= 0.6 is 0 Å². The number of nitrogens with zero attached hydrogens (tertiary/aromatic N) is 1. The van der Waals surface area contributed by atoms with Gasteiger partial charge in [-0.1, -0.05) is 0 Å². The molecule has 30 heavy (non-hydrogen) atoms. The van der Waals surface area contributed by atoms with E-state index in [-0.39, 0.29) is 18.8 Å². The predicted molar refractivity (Wildman–Crippen MR) is 106 cm³/mol. The largest absolute Gasteiger partial charge is 0.493 e. The number of ether oxygens (including phenoxy) is 1. The van der Waals surface area contributed by atoms with Crippen LogP contribution in [0.5, 0.6) is 5.75 Å². The highest BCUT2D eigenvalue weighted by molar-refractivity contribution is 6.09. The van der Waals surface area contributed by atoms with Crippen LogP contribution < -0.4 is 10.1 Å². The van der Waals surface area contributed by atoms with E-state index in [1.165, 1.54) is 13.0 Å². The molecule has 9 nitrogen and oxygen atoms in total. The van der Waals surface area contributed by atoms with Gasteiger partial charge in [-0.25, -0.2) is 4.79 Å². The van der Waals surface area contributed by atoms with Crippen LogP contribution in [0.15, 0.2) is 53.5 Å². The van der Waals surface area contributed by atoms with Gasteiger partial charge in [0.25, 0.3) is 0 Å². The average molecular weight is 414 g/mol. The van der Waals surface area contributed by atoms with E-state index < -0.39 is 24.3 Å². The molecule has 2 aromatic rings. The van der Waals surface area contributed by atoms with E-state index >= 15 is 0 Å². The molecule has 9 heteroatoms. The molecule has 0 bridgehead atoms. The summed E-state index contributed by atoms with van der Waals surface area (Å²) >= 11 is 0. The van der Waals surface area contributed by atoms with Crippen molar-refractivity contribution in [2.75, 3.05) is 6.61 Å². The van der Waals surface area contributed by atoms with Gasteiger partial charge in [0.1, 0.15) is 11.8 Å². The Morgan fingerprint density at radius 1 is 1.03 bits per heavy atom. The maximum absolute atomic E-state index is 12.5. The van der Waals surface area contributed by atoms with Crippen LogP contribution in [0.3, 0.4) is 0 Å². The van der Waals surface area contributed by atoms with E-state index in [4.69, 9.17) is 14.9 Å². The topological polar surface area (TPSA) is 146 Å². The zero-order valence-corrected chi connectivity index (χ0v) is 16.2. The third-order valence-corrected chi connectivity index (χ3v) is 4.19. The predicted octanol–water partition coefficient (Wildman–Crippen LogP) is 0.830. The van der Waals surface area contributed by atoms with Crippen LogP contribution in [-0.4, -0.2) is 58.1 Å². The van der Waals surface area contributed by atoms with Crippen LogP contribution in [0.1, 0.15) is 29.3 Å². The number of nitrogens with one attached hydrogen (secondary N) is 1. The van der Waals surface area contributed by atoms with Gasteiger partial charge in [0.15, 0.2) is 12.1 Å². The molecular weight excluding hydrogens is 392 g/mol. The average Bonchev–Trinajstić information content (AvgIpc) is 2.72. The van der Waals surface area contributed by atoms with Crippen molar-refractivity contribution in [3.63, 3.8) is 0 Å². The Balaban J connectivity index is 1.87. The summed E-state index contributed by atoms with van der Waals surface area (Å²) in [6, 6.07) is 11.4. The van der Waals surface area contributed by atoms with Gasteiger partial charge < -0.3 is 25.4 Å². The Morgan fingerprint density at radius 3 is 2.10 bits per heavy atom. The third-order valence-electron chi connectivity index (χ3n) is 4.19. The summed E-state index contributed by atoms with van der Waals surface area (Å²) in [5, 5.41) is 30.0. The number of aliphatic hydroxyl groups is 3. The number of isocyanates is 1. The monoisotopic (exact) mass is 414 g/mol. The molecule has 0 saturated carbocycles. The third kappa shape index (κ3) is 6.61. The first kappa shape index (κ1) is 22.9. The lowest BCUT2D eigenvalue weighted by Gasteiger charge is -2.22. The molecule has 0 aliphatic heterocycles. The fraction of sp³-hybridized carbons (Fsp3) is 0.286. The highest BCUT2D eigenvalue weighted by Crippen LogP contribution is 2.18. The lowest BCUT2D eigenvalue weighted by molar-refractivity contribution is -0.132. The summed E-state index contributed by atoms with van der Waals surface area (Å²) in [5.74, 6) is -0.276. The number of aliphatic imine (C=N–C) groups is 1. The Morgan fingerprint density at radius 2 is 1.60 bits per heavy atom. The van der Waals surface area contributed by atoms with Crippen molar-refractivity contribution in [3.05, 3.63) is 59.7 Å². The van der Waals surface area contributed by atoms with E-state index in [2.05, 4.69) is 10.3 Å². The number of amides is 1. The van der Waals surface area contributed by atoms with Crippen molar-refractivity contribution in [1.82, 2.24) is 5.32 Å². The summed E-state index contributed by atoms with van der Waals surface area (Å²) in [7, 11) is 0. The Kier molecular flexibility index (Phi) is 8.40. The SMILES string of the molecule is CC(O)C(NC(=O)CCOc1ccc(C(=O)c2ccc(N=C=O)cc2)cc1)C(O)O. The number of carbonyl (C=O) groups is 2. The van der Waals surface area contributed by atoms with Crippen molar-refractivity contribution in [3.8, 4) is 5.75 Å². The highest BCUT2D eigenvalue weighted by atomic mass is 16.5.